The van der Waals surface area contributed by atoms with Gasteiger partial charge in [0.1, 0.15) is 5.82 Å². The lowest BCUT2D eigenvalue weighted by Crippen LogP contribution is -2.20. The summed E-state index contributed by atoms with van der Waals surface area (Å²) in [5.74, 6) is 1.20. The molecule has 0 fully saturated rings. The maximum absolute atomic E-state index is 13.5. The molecule has 0 spiro atoms. The van der Waals surface area contributed by atoms with E-state index < -0.39 is 0 Å². The molecule has 9 heteroatoms. The van der Waals surface area contributed by atoms with Crippen molar-refractivity contribution >= 4 is 33.9 Å². The van der Waals surface area contributed by atoms with Crippen LogP contribution in [0.3, 0.4) is 0 Å². The molecular formula is C22H23FN6S2. The fourth-order valence-corrected chi connectivity index (χ4v) is 4.61. The topological polar surface area (TPSA) is 58.9 Å². The number of rotatable bonds is 8. The van der Waals surface area contributed by atoms with Gasteiger partial charge >= 0.3 is 0 Å². The first kappa shape index (κ1) is 21.5. The highest BCUT2D eigenvalue weighted by atomic mass is 32.2. The number of nitrogens with one attached hydrogen (secondary N) is 1. The van der Waals surface area contributed by atoms with Gasteiger partial charge in [-0.05, 0) is 57.4 Å². The van der Waals surface area contributed by atoms with Crippen LogP contribution in [0.1, 0.15) is 24.5 Å². The van der Waals surface area contributed by atoms with Gasteiger partial charge in [-0.15, -0.1) is 21.5 Å². The van der Waals surface area contributed by atoms with Crippen LogP contribution in [-0.4, -0.2) is 38.7 Å². The SMILES string of the molecule is C[C@@H](c1nnc(SCc2csc(Nc3ccccc3)n2)n1-c1ccc(F)cc1)N(C)C. The van der Waals surface area contributed by atoms with Crippen LogP contribution < -0.4 is 5.32 Å². The van der Waals surface area contributed by atoms with Crippen molar-refractivity contribution in [3.63, 3.8) is 0 Å². The second-order valence-electron chi connectivity index (χ2n) is 7.22. The lowest BCUT2D eigenvalue weighted by atomic mass is 10.2. The second kappa shape index (κ2) is 9.59. The molecule has 4 rings (SSSR count). The van der Waals surface area contributed by atoms with Gasteiger partial charge in [0.05, 0.1) is 11.7 Å². The fourth-order valence-electron chi connectivity index (χ4n) is 2.92. The molecule has 160 valence electrons. The number of hydrogen-bond donors (Lipinski definition) is 1. The van der Waals surface area contributed by atoms with Crippen LogP contribution in [0.5, 0.6) is 0 Å². The van der Waals surface area contributed by atoms with E-state index in [2.05, 4.69) is 32.3 Å². The highest BCUT2D eigenvalue weighted by Crippen LogP contribution is 2.30. The number of thioether (sulfide) groups is 1. The maximum Gasteiger partial charge on any atom is 0.196 e. The van der Waals surface area contributed by atoms with Gasteiger partial charge < -0.3 is 5.32 Å². The predicted octanol–water partition coefficient (Wildman–Crippen LogP) is 5.52. The van der Waals surface area contributed by atoms with E-state index in [4.69, 9.17) is 0 Å². The minimum Gasteiger partial charge on any atom is -0.332 e. The molecular weight excluding hydrogens is 431 g/mol. The summed E-state index contributed by atoms with van der Waals surface area (Å²) in [5, 5.41) is 15.8. The molecule has 0 amide bonds. The zero-order valence-corrected chi connectivity index (χ0v) is 19.1. The zero-order chi connectivity index (χ0) is 21.8. The van der Waals surface area contributed by atoms with E-state index in [9.17, 15) is 4.39 Å². The Kier molecular flexibility index (Phi) is 6.64. The summed E-state index contributed by atoms with van der Waals surface area (Å²) in [7, 11) is 4.00. The average Bonchev–Trinajstić information content (AvgIpc) is 3.40. The molecule has 4 aromatic rings. The number of para-hydroxylation sites is 1. The van der Waals surface area contributed by atoms with Crippen LogP contribution in [0.2, 0.25) is 0 Å². The van der Waals surface area contributed by atoms with Gasteiger partial charge in [-0.2, -0.15) is 0 Å². The number of halogens is 1. The third-order valence-corrected chi connectivity index (χ3v) is 6.59. The standard InChI is InChI=1S/C22H23FN6S2/c1-15(28(2)3)20-26-27-22(29(20)19-11-9-16(23)10-12-19)31-14-18-13-30-21(25-18)24-17-7-5-4-6-8-17/h4-13,15H,14H2,1-3H3,(H,24,25)/t15-/m0/s1. The molecule has 31 heavy (non-hydrogen) atoms. The van der Waals surface area contributed by atoms with Gasteiger partial charge in [-0.25, -0.2) is 9.37 Å². The molecule has 0 saturated heterocycles. The molecule has 0 unspecified atom stereocenters. The maximum atomic E-state index is 13.5. The van der Waals surface area contributed by atoms with Gasteiger partial charge in [0.2, 0.25) is 0 Å². The summed E-state index contributed by atoms with van der Waals surface area (Å²) < 4.78 is 15.5. The fraction of sp³-hybridized carbons (Fsp3) is 0.227. The largest absolute Gasteiger partial charge is 0.332 e. The van der Waals surface area contributed by atoms with E-state index in [0.29, 0.717) is 5.75 Å². The Labute approximate surface area is 189 Å². The van der Waals surface area contributed by atoms with Gasteiger partial charge in [0.15, 0.2) is 16.1 Å². The first-order valence-electron chi connectivity index (χ1n) is 9.78. The van der Waals surface area contributed by atoms with E-state index in [1.54, 1.807) is 35.2 Å². The monoisotopic (exact) mass is 454 g/mol. The van der Waals surface area contributed by atoms with Crippen molar-refractivity contribution < 1.29 is 4.39 Å². The molecule has 6 nitrogen and oxygen atoms in total. The van der Waals surface area contributed by atoms with Gasteiger partial charge in [-0.1, -0.05) is 30.0 Å². The summed E-state index contributed by atoms with van der Waals surface area (Å²) in [6.07, 6.45) is 0. The van der Waals surface area contributed by atoms with Crippen molar-refractivity contribution in [2.24, 2.45) is 0 Å². The summed E-state index contributed by atoms with van der Waals surface area (Å²) >= 11 is 3.13. The Morgan fingerprint density at radius 3 is 2.55 bits per heavy atom. The van der Waals surface area contributed by atoms with Crippen LogP contribution in [-0.2, 0) is 5.75 Å². The van der Waals surface area contributed by atoms with Gasteiger partial charge in [-0.3, -0.25) is 9.47 Å². The Hall–Kier alpha value is -2.75. The lowest BCUT2D eigenvalue weighted by Gasteiger charge is -2.20. The minimum atomic E-state index is -0.269. The van der Waals surface area contributed by atoms with Crippen LogP contribution in [0.25, 0.3) is 5.69 Å². The highest BCUT2D eigenvalue weighted by Gasteiger charge is 2.21. The van der Waals surface area contributed by atoms with E-state index in [1.807, 2.05) is 54.4 Å². The Bertz CT molecular complexity index is 1120. The number of nitrogens with zero attached hydrogens (tertiary/aromatic N) is 5. The van der Waals surface area contributed by atoms with Gasteiger partial charge in [0, 0.05) is 22.5 Å². The predicted molar refractivity (Wildman–Crippen MR) is 125 cm³/mol. The normalized spacial score (nSPS) is 12.3. The van der Waals surface area contributed by atoms with Crippen LogP contribution in [0.15, 0.2) is 65.1 Å². The molecule has 1 atom stereocenters. The Morgan fingerprint density at radius 2 is 1.84 bits per heavy atom. The van der Waals surface area contributed by atoms with E-state index in [0.717, 1.165) is 33.2 Å². The van der Waals surface area contributed by atoms with Crippen molar-refractivity contribution in [2.75, 3.05) is 19.4 Å². The molecule has 0 aliphatic carbocycles. The van der Waals surface area contributed by atoms with Crippen LogP contribution in [0.4, 0.5) is 15.2 Å². The van der Waals surface area contributed by atoms with Crippen molar-refractivity contribution in [3.8, 4) is 5.69 Å². The molecule has 1 N–H and O–H groups in total. The third-order valence-electron chi connectivity index (χ3n) is 4.82. The van der Waals surface area contributed by atoms with E-state index in [-0.39, 0.29) is 11.9 Å². The Morgan fingerprint density at radius 1 is 1.10 bits per heavy atom. The smallest absolute Gasteiger partial charge is 0.196 e. The van der Waals surface area contributed by atoms with Crippen molar-refractivity contribution in [2.45, 2.75) is 23.9 Å². The van der Waals surface area contributed by atoms with E-state index in [1.165, 1.54) is 12.1 Å². The van der Waals surface area contributed by atoms with Crippen molar-refractivity contribution in [3.05, 3.63) is 77.3 Å². The first-order chi connectivity index (χ1) is 15.0. The molecule has 2 heterocycles. The summed E-state index contributed by atoms with van der Waals surface area (Å²) in [5.41, 5.74) is 2.81. The van der Waals surface area contributed by atoms with Crippen LogP contribution in [0, 0.1) is 5.82 Å². The second-order valence-corrected chi connectivity index (χ2v) is 9.02. The number of thiazole rings is 1. The molecule has 0 bridgehead atoms. The number of aromatic nitrogens is 4. The zero-order valence-electron chi connectivity index (χ0n) is 17.5. The molecule has 0 radical (unpaired) electrons. The quantitative estimate of drug-likeness (QED) is 0.354. The summed E-state index contributed by atoms with van der Waals surface area (Å²) in [6, 6.07) is 16.4. The van der Waals surface area contributed by atoms with Gasteiger partial charge in [0.25, 0.3) is 0 Å². The lowest BCUT2D eigenvalue weighted by molar-refractivity contribution is 0.305. The molecule has 0 saturated carbocycles. The Balaban J connectivity index is 1.54. The number of anilines is 2. The van der Waals surface area contributed by atoms with Crippen molar-refractivity contribution in [1.82, 2.24) is 24.6 Å². The molecule has 2 aromatic heterocycles. The minimum absolute atomic E-state index is 0.0489. The summed E-state index contributed by atoms with van der Waals surface area (Å²) in [4.78, 5) is 6.75. The average molecular weight is 455 g/mol. The molecule has 2 aromatic carbocycles. The third kappa shape index (κ3) is 5.12. The van der Waals surface area contributed by atoms with Crippen molar-refractivity contribution in [1.29, 1.82) is 0 Å². The first-order valence-corrected chi connectivity index (χ1v) is 11.6. The number of hydrogen-bond acceptors (Lipinski definition) is 7. The van der Waals surface area contributed by atoms with E-state index >= 15 is 0 Å². The molecule has 0 aliphatic rings. The highest BCUT2D eigenvalue weighted by molar-refractivity contribution is 7.98. The number of benzene rings is 2. The molecule has 0 aliphatic heterocycles. The van der Waals surface area contributed by atoms with Crippen LogP contribution >= 0.6 is 23.1 Å². The summed E-state index contributed by atoms with van der Waals surface area (Å²) in [6.45, 7) is 2.07.